The van der Waals surface area contributed by atoms with E-state index in [1.807, 2.05) is 0 Å². The van der Waals surface area contributed by atoms with E-state index in [2.05, 4.69) is 20.7 Å². The molecule has 0 aliphatic carbocycles. The van der Waals surface area contributed by atoms with E-state index in [9.17, 15) is 22.0 Å². The molecular weight excluding hydrogens is 404 g/mol. The summed E-state index contributed by atoms with van der Waals surface area (Å²) in [6.45, 7) is 3.40. The molecule has 2 aromatic heterocycles. The minimum atomic E-state index is -3.75. The molecule has 1 saturated heterocycles. The maximum absolute atomic E-state index is 12.8. The Morgan fingerprint density at radius 2 is 1.96 bits per heavy atom. The second-order valence-electron chi connectivity index (χ2n) is 6.07. The van der Waals surface area contributed by atoms with E-state index < -0.39 is 27.4 Å². The van der Waals surface area contributed by atoms with Gasteiger partial charge in [-0.3, -0.25) is 4.79 Å². The van der Waals surface area contributed by atoms with Gasteiger partial charge in [0.2, 0.25) is 21.1 Å². The van der Waals surface area contributed by atoms with Gasteiger partial charge in [-0.25, -0.2) is 17.2 Å². The van der Waals surface area contributed by atoms with Crippen molar-refractivity contribution in [3.05, 3.63) is 16.5 Å². The van der Waals surface area contributed by atoms with Gasteiger partial charge in [0.05, 0.1) is 0 Å². The normalized spacial score (nSPS) is 16.8. The van der Waals surface area contributed by atoms with Crippen LogP contribution < -0.4 is 5.32 Å². The van der Waals surface area contributed by atoms with Gasteiger partial charge in [-0.05, 0) is 26.7 Å². The first kappa shape index (κ1) is 19.8. The van der Waals surface area contributed by atoms with Crippen LogP contribution in [0, 0.1) is 19.8 Å². The summed E-state index contributed by atoms with van der Waals surface area (Å²) in [7, 11) is -3.75. The smallest absolute Gasteiger partial charge is 0.291 e. The number of amides is 1. The number of sulfonamides is 1. The van der Waals surface area contributed by atoms with Crippen molar-refractivity contribution in [2.45, 2.75) is 38.0 Å². The highest BCUT2D eigenvalue weighted by Crippen LogP contribution is 2.29. The van der Waals surface area contributed by atoms with Gasteiger partial charge in [-0.2, -0.15) is 4.31 Å². The first-order chi connectivity index (χ1) is 12.7. The lowest BCUT2D eigenvalue weighted by atomic mass is 9.97. The van der Waals surface area contributed by atoms with Crippen LogP contribution in [0.1, 0.15) is 35.7 Å². The average Bonchev–Trinajstić information content (AvgIpc) is 3.22. The van der Waals surface area contributed by atoms with Crippen molar-refractivity contribution in [1.82, 2.24) is 19.7 Å². The fourth-order valence-electron chi connectivity index (χ4n) is 2.91. The molecule has 0 radical (unpaired) electrons. The Morgan fingerprint density at radius 1 is 1.30 bits per heavy atom. The Hall–Kier alpha value is -1.99. The number of alkyl halides is 2. The van der Waals surface area contributed by atoms with Crippen LogP contribution in [0.4, 0.5) is 13.9 Å². The van der Waals surface area contributed by atoms with Crippen LogP contribution in [0.2, 0.25) is 0 Å². The summed E-state index contributed by atoms with van der Waals surface area (Å²) in [5, 5.41) is 12.5. The molecule has 1 N–H and O–H groups in total. The van der Waals surface area contributed by atoms with Gasteiger partial charge < -0.3 is 9.84 Å². The lowest BCUT2D eigenvalue weighted by Gasteiger charge is -2.30. The highest BCUT2D eigenvalue weighted by atomic mass is 32.2. The van der Waals surface area contributed by atoms with E-state index in [0.717, 1.165) is 0 Å². The topological polar surface area (TPSA) is 118 Å². The van der Waals surface area contributed by atoms with Crippen LogP contribution >= 0.6 is 11.3 Å². The van der Waals surface area contributed by atoms with E-state index >= 15 is 0 Å². The molecule has 0 saturated carbocycles. The maximum atomic E-state index is 12.8. The van der Waals surface area contributed by atoms with Crippen LogP contribution in [0.25, 0.3) is 0 Å². The number of rotatable bonds is 5. The Bertz CT molecular complexity index is 916. The minimum Gasteiger partial charge on any atom is -0.360 e. The van der Waals surface area contributed by atoms with Gasteiger partial charge in [0.15, 0.2) is 10.8 Å². The second-order valence-corrected chi connectivity index (χ2v) is 8.95. The molecular formula is C14H17F2N5O4S2. The molecule has 1 aliphatic heterocycles. The highest BCUT2D eigenvalue weighted by Gasteiger charge is 2.35. The molecule has 27 heavy (non-hydrogen) atoms. The molecule has 1 fully saturated rings. The number of aromatic nitrogens is 3. The third-order valence-electron chi connectivity index (χ3n) is 4.25. The largest absolute Gasteiger partial charge is 0.360 e. The lowest BCUT2D eigenvalue weighted by Crippen LogP contribution is -2.41. The highest BCUT2D eigenvalue weighted by molar-refractivity contribution is 7.89. The van der Waals surface area contributed by atoms with E-state index in [4.69, 9.17) is 4.52 Å². The molecule has 148 valence electrons. The van der Waals surface area contributed by atoms with E-state index in [0.29, 0.717) is 29.9 Å². The molecule has 0 spiro atoms. The number of nitrogens with zero attached hydrogens (tertiary/aromatic N) is 4. The molecule has 13 heteroatoms. The Morgan fingerprint density at radius 3 is 2.48 bits per heavy atom. The number of carbonyl (C=O) groups is 1. The number of piperidine rings is 1. The summed E-state index contributed by atoms with van der Waals surface area (Å²) in [5.74, 6) is -0.611. The van der Waals surface area contributed by atoms with Gasteiger partial charge in [-0.1, -0.05) is 16.5 Å². The van der Waals surface area contributed by atoms with Crippen LogP contribution in [-0.2, 0) is 14.8 Å². The first-order valence-corrected chi connectivity index (χ1v) is 10.3. The molecule has 3 heterocycles. The molecule has 0 bridgehead atoms. The van der Waals surface area contributed by atoms with E-state index in [1.54, 1.807) is 6.92 Å². The number of halogens is 2. The lowest BCUT2D eigenvalue weighted by molar-refractivity contribution is -0.120. The van der Waals surface area contributed by atoms with Crippen LogP contribution in [0.3, 0.4) is 0 Å². The maximum Gasteiger partial charge on any atom is 0.291 e. The van der Waals surface area contributed by atoms with Crippen LogP contribution in [0.15, 0.2) is 9.42 Å². The number of carbonyl (C=O) groups excluding carboxylic acids is 1. The van der Waals surface area contributed by atoms with E-state index in [-0.39, 0.29) is 34.8 Å². The summed E-state index contributed by atoms with van der Waals surface area (Å²) < 4.78 is 56.8. The fraction of sp³-hybridized carbons (Fsp3) is 0.571. The number of aryl methyl sites for hydroxylation is 2. The summed E-state index contributed by atoms with van der Waals surface area (Å²) in [4.78, 5) is 12.3. The van der Waals surface area contributed by atoms with Crippen molar-refractivity contribution in [2.24, 2.45) is 5.92 Å². The molecule has 1 aliphatic rings. The Labute approximate surface area is 157 Å². The molecule has 0 aromatic carbocycles. The average molecular weight is 421 g/mol. The standard InChI is InChI=1S/C14H17F2N5O4S2/c1-7-10(8(2)25-20-7)27(23,24)21-5-3-9(4-6-21)12(22)17-14-19-18-13(26-14)11(15)16/h9,11H,3-6H2,1-2H3,(H,17,19,22). The van der Waals surface area contributed by atoms with Crippen LogP contribution in [0.5, 0.6) is 0 Å². The Kier molecular flexibility index (Phi) is 5.53. The monoisotopic (exact) mass is 421 g/mol. The van der Waals surface area contributed by atoms with Crippen molar-refractivity contribution in [3.63, 3.8) is 0 Å². The number of nitrogens with one attached hydrogen (secondary N) is 1. The number of hydrogen-bond donors (Lipinski definition) is 1. The molecule has 1 amide bonds. The van der Waals surface area contributed by atoms with Crippen LogP contribution in [-0.4, -0.2) is 47.1 Å². The van der Waals surface area contributed by atoms with Gasteiger partial charge in [-0.15, -0.1) is 10.2 Å². The van der Waals surface area contributed by atoms with Crippen molar-refractivity contribution in [1.29, 1.82) is 0 Å². The molecule has 2 aromatic rings. The van der Waals surface area contributed by atoms with Crippen molar-refractivity contribution < 1.29 is 26.5 Å². The molecule has 9 nitrogen and oxygen atoms in total. The number of anilines is 1. The SMILES string of the molecule is Cc1noc(C)c1S(=O)(=O)N1CCC(C(=O)Nc2nnc(C(F)F)s2)CC1. The van der Waals surface area contributed by atoms with Gasteiger partial charge in [0.1, 0.15) is 10.6 Å². The third-order valence-corrected chi connectivity index (χ3v) is 7.24. The molecule has 3 rings (SSSR count). The van der Waals surface area contributed by atoms with Crippen molar-refractivity contribution in [3.8, 4) is 0 Å². The zero-order valence-corrected chi connectivity index (χ0v) is 16.1. The summed E-state index contributed by atoms with van der Waals surface area (Å²) >= 11 is 0.612. The predicted octanol–water partition coefficient (Wildman–Crippen LogP) is 2.12. The summed E-state index contributed by atoms with van der Waals surface area (Å²) in [5.41, 5.74) is 0.290. The molecule has 0 unspecified atom stereocenters. The van der Waals surface area contributed by atoms with E-state index in [1.165, 1.54) is 11.2 Å². The van der Waals surface area contributed by atoms with Gasteiger partial charge in [0, 0.05) is 19.0 Å². The third kappa shape index (κ3) is 3.99. The van der Waals surface area contributed by atoms with Crippen molar-refractivity contribution >= 4 is 32.4 Å². The fourth-order valence-corrected chi connectivity index (χ4v) is 5.27. The Balaban J connectivity index is 1.62. The zero-order valence-electron chi connectivity index (χ0n) is 14.5. The zero-order chi connectivity index (χ0) is 19.8. The summed E-state index contributed by atoms with van der Waals surface area (Å²) in [6, 6.07) is 0. The van der Waals surface area contributed by atoms with Gasteiger partial charge in [0.25, 0.3) is 6.43 Å². The summed E-state index contributed by atoms with van der Waals surface area (Å²) in [6.07, 6.45) is -2.14. The molecule has 0 atom stereocenters. The second kappa shape index (κ2) is 7.56. The van der Waals surface area contributed by atoms with Gasteiger partial charge >= 0.3 is 0 Å². The quantitative estimate of drug-likeness (QED) is 0.785. The predicted molar refractivity (Wildman–Crippen MR) is 91.0 cm³/mol. The number of hydrogen-bond acceptors (Lipinski definition) is 8. The van der Waals surface area contributed by atoms with Crippen molar-refractivity contribution in [2.75, 3.05) is 18.4 Å². The first-order valence-electron chi connectivity index (χ1n) is 8.05. The minimum absolute atomic E-state index is 0.000993.